The third-order valence-corrected chi connectivity index (χ3v) is 4.60. The van der Waals surface area contributed by atoms with Crippen LogP contribution in [0, 0.1) is 18.7 Å². The third-order valence-electron chi connectivity index (χ3n) is 4.60. The molecule has 0 radical (unpaired) electrons. The maximum atomic E-state index is 13.6. The summed E-state index contributed by atoms with van der Waals surface area (Å²) in [5.74, 6) is -0.247. The Morgan fingerprint density at radius 2 is 1.79 bits per heavy atom. The van der Waals surface area contributed by atoms with E-state index in [1.807, 2.05) is 20.8 Å². The van der Waals surface area contributed by atoms with Crippen molar-refractivity contribution >= 4 is 28.6 Å². The molecular formula is C21H22FN3O3. The highest BCUT2D eigenvalue weighted by atomic mass is 19.1. The van der Waals surface area contributed by atoms with Crippen LogP contribution in [0.4, 0.5) is 14.9 Å². The van der Waals surface area contributed by atoms with Crippen LogP contribution in [0.3, 0.4) is 0 Å². The fourth-order valence-electron chi connectivity index (χ4n) is 3.07. The lowest BCUT2D eigenvalue weighted by Gasteiger charge is -2.21. The standard InChI is InChI=1S/C21H22FN3O3/c1-11(2)18(19-12(3)16-10-14(22)6-9-17(16)28-19)25-21(27)24-15-7-4-13(5-8-15)20(23)26/h4-11,18H,1-3H3,(H2,23,26)(H2,24,25,27)/t18-/m0/s1. The Balaban J connectivity index is 1.80. The van der Waals surface area contributed by atoms with Gasteiger partial charge in [-0.2, -0.15) is 0 Å². The van der Waals surface area contributed by atoms with E-state index in [0.29, 0.717) is 28.0 Å². The largest absolute Gasteiger partial charge is 0.459 e. The molecule has 0 aliphatic heterocycles. The molecule has 28 heavy (non-hydrogen) atoms. The quantitative estimate of drug-likeness (QED) is 0.605. The summed E-state index contributed by atoms with van der Waals surface area (Å²) in [7, 11) is 0. The second kappa shape index (κ2) is 7.72. The lowest BCUT2D eigenvalue weighted by Crippen LogP contribution is -2.35. The van der Waals surface area contributed by atoms with E-state index in [1.165, 1.54) is 24.3 Å². The molecule has 7 heteroatoms. The number of nitrogens with two attached hydrogens (primary N) is 1. The van der Waals surface area contributed by atoms with Gasteiger partial charge >= 0.3 is 6.03 Å². The molecule has 3 rings (SSSR count). The SMILES string of the molecule is Cc1c([C@@H](NC(=O)Nc2ccc(C(N)=O)cc2)C(C)C)oc2ccc(F)cc12. The highest BCUT2D eigenvalue weighted by molar-refractivity contribution is 5.94. The molecule has 3 aromatic rings. The number of nitrogens with one attached hydrogen (secondary N) is 2. The second-order valence-corrected chi connectivity index (χ2v) is 6.99. The van der Waals surface area contributed by atoms with Gasteiger partial charge in [-0.25, -0.2) is 9.18 Å². The first kappa shape index (κ1) is 19.4. The summed E-state index contributed by atoms with van der Waals surface area (Å²) in [5, 5.41) is 6.31. The molecule has 0 aliphatic rings. The van der Waals surface area contributed by atoms with Crippen LogP contribution in [0.5, 0.6) is 0 Å². The summed E-state index contributed by atoms with van der Waals surface area (Å²) in [5.41, 5.74) is 7.45. The summed E-state index contributed by atoms with van der Waals surface area (Å²) in [6.45, 7) is 5.76. The van der Waals surface area contributed by atoms with Gasteiger partial charge in [0.15, 0.2) is 0 Å². The predicted octanol–water partition coefficient (Wildman–Crippen LogP) is 4.50. The van der Waals surface area contributed by atoms with E-state index < -0.39 is 18.0 Å². The Labute approximate surface area is 161 Å². The number of carbonyl (C=O) groups excluding carboxylic acids is 2. The Morgan fingerprint density at radius 3 is 2.39 bits per heavy atom. The molecule has 0 spiro atoms. The maximum absolute atomic E-state index is 13.6. The van der Waals surface area contributed by atoms with Crippen molar-refractivity contribution in [1.82, 2.24) is 5.32 Å². The highest BCUT2D eigenvalue weighted by Crippen LogP contribution is 2.33. The molecule has 0 fully saturated rings. The van der Waals surface area contributed by atoms with Gasteiger partial charge in [0.05, 0.1) is 6.04 Å². The summed E-state index contributed by atoms with van der Waals surface area (Å²) in [6, 6.07) is 9.80. The summed E-state index contributed by atoms with van der Waals surface area (Å²) >= 11 is 0. The lowest BCUT2D eigenvalue weighted by atomic mass is 9.98. The number of rotatable bonds is 5. The molecule has 6 nitrogen and oxygen atoms in total. The number of primary amides is 1. The van der Waals surface area contributed by atoms with E-state index in [1.54, 1.807) is 18.2 Å². The topological polar surface area (TPSA) is 97.4 Å². The fourth-order valence-corrected chi connectivity index (χ4v) is 3.07. The second-order valence-electron chi connectivity index (χ2n) is 6.99. The number of hydrogen-bond acceptors (Lipinski definition) is 3. The number of urea groups is 1. The van der Waals surface area contributed by atoms with Crippen LogP contribution in [0.2, 0.25) is 0 Å². The van der Waals surface area contributed by atoms with Gasteiger partial charge in [-0.3, -0.25) is 4.79 Å². The minimum absolute atomic E-state index is 0.0343. The third kappa shape index (κ3) is 3.98. The average molecular weight is 383 g/mol. The number of aryl methyl sites for hydroxylation is 1. The minimum atomic E-state index is -0.535. The number of fused-ring (bicyclic) bond motifs is 1. The molecule has 0 aliphatic carbocycles. The van der Waals surface area contributed by atoms with Crippen molar-refractivity contribution in [3.05, 3.63) is 65.2 Å². The Morgan fingerprint density at radius 1 is 1.11 bits per heavy atom. The van der Waals surface area contributed by atoms with Gasteiger partial charge in [0.1, 0.15) is 17.2 Å². The van der Waals surface area contributed by atoms with E-state index in [0.717, 1.165) is 5.56 Å². The van der Waals surface area contributed by atoms with Crippen molar-refractivity contribution in [2.75, 3.05) is 5.32 Å². The van der Waals surface area contributed by atoms with Gasteiger partial charge in [0.25, 0.3) is 0 Å². The van der Waals surface area contributed by atoms with Crippen molar-refractivity contribution < 1.29 is 18.4 Å². The van der Waals surface area contributed by atoms with Crippen LogP contribution in [0.15, 0.2) is 46.9 Å². The van der Waals surface area contributed by atoms with Crippen molar-refractivity contribution in [3.63, 3.8) is 0 Å². The van der Waals surface area contributed by atoms with Crippen molar-refractivity contribution in [3.8, 4) is 0 Å². The molecule has 0 saturated heterocycles. The van der Waals surface area contributed by atoms with Crippen LogP contribution >= 0.6 is 0 Å². The van der Waals surface area contributed by atoms with Crippen molar-refractivity contribution in [2.45, 2.75) is 26.8 Å². The van der Waals surface area contributed by atoms with Gasteiger partial charge in [0.2, 0.25) is 5.91 Å². The Kier molecular flexibility index (Phi) is 5.35. The van der Waals surface area contributed by atoms with Crippen LogP contribution < -0.4 is 16.4 Å². The van der Waals surface area contributed by atoms with E-state index in [4.69, 9.17) is 10.2 Å². The molecule has 1 heterocycles. The van der Waals surface area contributed by atoms with Crippen LogP contribution in [-0.2, 0) is 0 Å². The zero-order valence-electron chi connectivity index (χ0n) is 15.9. The normalized spacial score (nSPS) is 12.2. The molecule has 1 atom stereocenters. The van der Waals surface area contributed by atoms with Gasteiger partial charge in [-0.15, -0.1) is 0 Å². The van der Waals surface area contributed by atoms with Gasteiger partial charge in [-0.05, 0) is 55.3 Å². The molecular weight excluding hydrogens is 361 g/mol. The zero-order valence-corrected chi connectivity index (χ0v) is 15.9. The first-order chi connectivity index (χ1) is 13.3. The van der Waals surface area contributed by atoms with Crippen LogP contribution in [0.25, 0.3) is 11.0 Å². The molecule has 4 N–H and O–H groups in total. The molecule has 2 aromatic carbocycles. The van der Waals surface area contributed by atoms with Crippen molar-refractivity contribution in [1.29, 1.82) is 0 Å². The highest BCUT2D eigenvalue weighted by Gasteiger charge is 2.25. The average Bonchev–Trinajstić information content (AvgIpc) is 2.96. The maximum Gasteiger partial charge on any atom is 0.319 e. The predicted molar refractivity (Wildman–Crippen MR) is 106 cm³/mol. The summed E-state index contributed by atoms with van der Waals surface area (Å²) in [4.78, 5) is 23.6. The summed E-state index contributed by atoms with van der Waals surface area (Å²) < 4.78 is 19.5. The number of halogens is 1. The molecule has 1 aromatic heterocycles. The van der Waals surface area contributed by atoms with Gasteiger partial charge < -0.3 is 20.8 Å². The number of amides is 3. The van der Waals surface area contributed by atoms with Gasteiger partial charge in [-0.1, -0.05) is 13.8 Å². The van der Waals surface area contributed by atoms with E-state index >= 15 is 0 Å². The lowest BCUT2D eigenvalue weighted by molar-refractivity contribution is 0.100. The molecule has 0 unspecified atom stereocenters. The number of anilines is 1. The molecule has 0 saturated carbocycles. The van der Waals surface area contributed by atoms with Crippen LogP contribution in [0.1, 0.15) is 41.6 Å². The van der Waals surface area contributed by atoms with E-state index in [9.17, 15) is 14.0 Å². The number of carbonyl (C=O) groups is 2. The molecule has 146 valence electrons. The van der Waals surface area contributed by atoms with Gasteiger partial charge in [0, 0.05) is 22.2 Å². The Hall–Kier alpha value is -3.35. The summed E-state index contributed by atoms with van der Waals surface area (Å²) in [6.07, 6.45) is 0. The molecule has 3 amide bonds. The van der Waals surface area contributed by atoms with Crippen LogP contribution in [-0.4, -0.2) is 11.9 Å². The number of hydrogen-bond donors (Lipinski definition) is 3. The van der Waals surface area contributed by atoms with E-state index in [-0.39, 0.29) is 11.7 Å². The number of benzene rings is 2. The zero-order chi connectivity index (χ0) is 20.4. The molecule has 0 bridgehead atoms. The monoisotopic (exact) mass is 383 g/mol. The van der Waals surface area contributed by atoms with Crippen molar-refractivity contribution in [2.24, 2.45) is 11.7 Å². The smallest absolute Gasteiger partial charge is 0.319 e. The first-order valence-electron chi connectivity index (χ1n) is 8.92. The minimum Gasteiger partial charge on any atom is -0.459 e. The first-order valence-corrected chi connectivity index (χ1v) is 8.92. The Bertz CT molecular complexity index is 1030. The number of furan rings is 1. The fraction of sp³-hybridized carbons (Fsp3) is 0.238. The van der Waals surface area contributed by atoms with E-state index in [2.05, 4.69) is 10.6 Å².